The second-order valence-electron chi connectivity index (χ2n) is 8.25. The van der Waals surface area contributed by atoms with E-state index >= 15 is 0 Å². The van der Waals surface area contributed by atoms with Crippen molar-refractivity contribution in [2.45, 2.75) is 6.92 Å². The number of ether oxygens (including phenoxy) is 1. The minimum absolute atomic E-state index is 0.211. The first-order valence-corrected chi connectivity index (χ1v) is 12.4. The van der Waals surface area contributed by atoms with Crippen LogP contribution in [0.1, 0.15) is 15.9 Å². The van der Waals surface area contributed by atoms with Crippen LogP contribution in [0.15, 0.2) is 97.1 Å². The Morgan fingerprint density at radius 3 is 2.24 bits per heavy atom. The van der Waals surface area contributed by atoms with Gasteiger partial charge in [-0.2, -0.15) is 0 Å². The van der Waals surface area contributed by atoms with Crippen LogP contribution < -0.4 is 20.3 Å². The summed E-state index contributed by atoms with van der Waals surface area (Å²) < 4.78 is 5.87. The standard InChI is InChI=1S/C29H25Cl2N3O3/c1-20-6-5-7-22(18-20)33-29(36)34(17-16-32-28(35)21-10-15-26(30)27(31)19-21)23-11-13-25(14-12-23)37-24-8-3-2-4-9-24/h2-15,18-19H,16-17H2,1H3,(H,32,35)(H,33,36). The SMILES string of the molecule is Cc1cccc(NC(=O)N(CCNC(=O)c2ccc(Cl)c(Cl)c2)c2ccc(Oc3ccccc3)cc2)c1. The lowest BCUT2D eigenvalue weighted by Gasteiger charge is -2.24. The Kier molecular flexibility index (Phi) is 8.67. The Labute approximate surface area is 225 Å². The van der Waals surface area contributed by atoms with E-state index in [0.29, 0.717) is 38.5 Å². The van der Waals surface area contributed by atoms with E-state index < -0.39 is 0 Å². The van der Waals surface area contributed by atoms with Crippen molar-refractivity contribution in [3.63, 3.8) is 0 Å². The molecular weight excluding hydrogens is 509 g/mol. The number of hydrogen-bond donors (Lipinski definition) is 2. The van der Waals surface area contributed by atoms with Crippen LogP contribution in [0.3, 0.4) is 0 Å². The molecule has 0 unspecified atom stereocenters. The number of carbonyl (C=O) groups is 2. The van der Waals surface area contributed by atoms with E-state index in [9.17, 15) is 9.59 Å². The summed E-state index contributed by atoms with van der Waals surface area (Å²) in [6.07, 6.45) is 0. The highest BCUT2D eigenvalue weighted by Crippen LogP contribution is 2.25. The van der Waals surface area contributed by atoms with Gasteiger partial charge in [0.1, 0.15) is 11.5 Å². The van der Waals surface area contributed by atoms with Gasteiger partial charge in [-0.3, -0.25) is 9.69 Å². The van der Waals surface area contributed by atoms with Gasteiger partial charge in [-0.15, -0.1) is 0 Å². The van der Waals surface area contributed by atoms with Gasteiger partial charge < -0.3 is 15.4 Å². The molecule has 188 valence electrons. The zero-order valence-electron chi connectivity index (χ0n) is 20.1. The molecule has 0 aliphatic carbocycles. The molecule has 0 aliphatic heterocycles. The molecule has 0 bridgehead atoms. The van der Waals surface area contributed by atoms with E-state index in [4.69, 9.17) is 27.9 Å². The Balaban J connectivity index is 1.47. The third-order valence-corrected chi connectivity index (χ3v) is 6.18. The Bertz CT molecular complexity index is 1380. The van der Waals surface area contributed by atoms with Crippen LogP contribution >= 0.6 is 23.2 Å². The molecule has 0 spiro atoms. The van der Waals surface area contributed by atoms with Crippen LogP contribution in [0, 0.1) is 6.92 Å². The quantitative estimate of drug-likeness (QED) is 0.245. The van der Waals surface area contributed by atoms with Crippen LogP contribution in [0.4, 0.5) is 16.2 Å². The molecule has 0 atom stereocenters. The summed E-state index contributed by atoms with van der Waals surface area (Å²) in [6, 6.07) is 28.5. The van der Waals surface area contributed by atoms with Gasteiger partial charge in [0.05, 0.1) is 10.0 Å². The normalized spacial score (nSPS) is 10.5. The number of carbonyl (C=O) groups excluding carboxylic acids is 2. The average Bonchev–Trinajstić information content (AvgIpc) is 2.89. The predicted octanol–water partition coefficient (Wildman–Crippen LogP) is 7.56. The van der Waals surface area contributed by atoms with Crippen molar-refractivity contribution >= 4 is 46.5 Å². The van der Waals surface area contributed by atoms with Crippen molar-refractivity contribution in [1.29, 1.82) is 0 Å². The van der Waals surface area contributed by atoms with Crippen molar-refractivity contribution < 1.29 is 14.3 Å². The number of nitrogens with zero attached hydrogens (tertiary/aromatic N) is 1. The Hall–Kier alpha value is -4.00. The maximum Gasteiger partial charge on any atom is 0.326 e. The minimum atomic E-state index is -0.328. The van der Waals surface area contributed by atoms with Gasteiger partial charge in [-0.1, -0.05) is 53.5 Å². The monoisotopic (exact) mass is 533 g/mol. The molecule has 0 saturated carbocycles. The van der Waals surface area contributed by atoms with E-state index in [0.717, 1.165) is 5.56 Å². The Morgan fingerprint density at radius 1 is 0.811 bits per heavy atom. The first-order valence-electron chi connectivity index (χ1n) is 11.6. The fraction of sp³-hybridized carbons (Fsp3) is 0.103. The summed E-state index contributed by atoms with van der Waals surface area (Å²) in [7, 11) is 0. The summed E-state index contributed by atoms with van der Waals surface area (Å²) in [6.45, 7) is 2.39. The van der Waals surface area contributed by atoms with Crippen LogP contribution in [0.5, 0.6) is 11.5 Å². The van der Waals surface area contributed by atoms with Crippen LogP contribution in [0.2, 0.25) is 10.0 Å². The summed E-state index contributed by atoms with van der Waals surface area (Å²) in [5.41, 5.74) is 2.74. The molecule has 4 rings (SSSR count). The van der Waals surface area contributed by atoms with E-state index in [-0.39, 0.29) is 25.0 Å². The lowest BCUT2D eigenvalue weighted by molar-refractivity contribution is 0.0954. The van der Waals surface area contributed by atoms with Crippen LogP contribution in [-0.2, 0) is 0 Å². The molecule has 0 aromatic heterocycles. The summed E-state index contributed by atoms with van der Waals surface area (Å²) >= 11 is 12.0. The fourth-order valence-electron chi connectivity index (χ4n) is 3.60. The van der Waals surface area contributed by atoms with Gasteiger partial charge in [0.2, 0.25) is 0 Å². The van der Waals surface area contributed by atoms with E-state index in [2.05, 4.69) is 10.6 Å². The van der Waals surface area contributed by atoms with Crippen molar-refractivity contribution in [1.82, 2.24) is 5.32 Å². The molecule has 4 aromatic rings. The van der Waals surface area contributed by atoms with Crippen LogP contribution in [-0.4, -0.2) is 25.0 Å². The Morgan fingerprint density at radius 2 is 1.54 bits per heavy atom. The number of nitrogens with one attached hydrogen (secondary N) is 2. The predicted molar refractivity (Wildman–Crippen MR) is 149 cm³/mol. The second kappa shape index (κ2) is 12.3. The molecule has 0 radical (unpaired) electrons. The van der Waals surface area contributed by atoms with Gasteiger partial charge in [-0.05, 0) is 79.2 Å². The second-order valence-corrected chi connectivity index (χ2v) is 9.06. The maximum absolute atomic E-state index is 13.3. The van der Waals surface area contributed by atoms with Gasteiger partial charge in [0.15, 0.2) is 0 Å². The average molecular weight is 534 g/mol. The number of para-hydroxylation sites is 1. The van der Waals surface area contributed by atoms with Crippen molar-refractivity contribution in [2.24, 2.45) is 0 Å². The smallest absolute Gasteiger partial charge is 0.326 e. The van der Waals surface area contributed by atoms with Crippen molar-refractivity contribution in [3.8, 4) is 11.5 Å². The zero-order valence-corrected chi connectivity index (χ0v) is 21.6. The summed E-state index contributed by atoms with van der Waals surface area (Å²) in [4.78, 5) is 27.4. The molecular formula is C29H25Cl2N3O3. The summed E-state index contributed by atoms with van der Waals surface area (Å²) in [5, 5.41) is 6.43. The molecule has 0 heterocycles. The molecule has 4 aromatic carbocycles. The fourth-order valence-corrected chi connectivity index (χ4v) is 3.90. The highest BCUT2D eigenvalue weighted by molar-refractivity contribution is 6.42. The minimum Gasteiger partial charge on any atom is -0.457 e. The van der Waals surface area contributed by atoms with Crippen molar-refractivity contribution in [3.05, 3.63) is 118 Å². The van der Waals surface area contributed by atoms with E-state index in [1.165, 1.54) is 6.07 Å². The van der Waals surface area contributed by atoms with Gasteiger partial charge >= 0.3 is 6.03 Å². The number of hydrogen-bond acceptors (Lipinski definition) is 3. The van der Waals surface area contributed by atoms with Gasteiger partial charge in [0, 0.05) is 30.0 Å². The molecule has 3 amide bonds. The van der Waals surface area contributed by atoms with E-state index in [1.54, 1.807) is 41.3 Å². The number of anilines is 2. The first-order chi connectivity index (χ1) is 17.9. The molecule has 6 nitrogen and oxygen atoms in total. The topological polar surface area (TPSA) is 70.7 Å². The van der Waals surface area contributed by atoms with Crippen LogP contribution in [0.25, 0.3) is 0 Å². The maximum atomic E-state index is 13.3. The molecule has 0 saturated heterocycles. The van der Waals surface area contributed by atoms with Crippen molar-refractivity contribution in [2.75, 3.05) is 23.3 Å². The number of rotatable bonds is 8. The first kappa shape index (κ1) is 26.1. The summed E-state index contributed by atoms with van der Waals surface area (Å²) in [5.74, 6) is 1.04. The zero-order chi connectivity index (χ0) is 26.2. The van der Waals surface area contributed by atoms with Gasteiger partial charge in [-0.25, -0.2) is 4.79 Å². The lowest BCUT2D eigenvalue weighted by atomic mass is 10.2. The van der Waals surface area contributed by atoms with E-state index in [1.807, 2.05) is 61.5 Å². The number of benzene rings is 4. The van der Waals surface area contributed by atoms with Gasteiger partial charge in [0.25, 0.3) is 5.91 Å². The largest absolute Gasteiger partial charge is 0.457 e. The third kappa shape index (κ3) is 7.26. The number of amides is 3. The molecule has 0 fully saturated rings. The molecule has 0 aliphatic rings. The molecule has 37 heavy (non-hydrogen) atoms. The number of urea groups is 1. The molecule has 2 N–H and O–H groups in total. The number of aryl methyl sites for hydroxylation is 1. The third-order valence-electron chi connectivity index (χ3n) is 5.44. The molecule has 8 heteroatoms. The number of halogens is 2. The highest BCUT2D eigenvalue weighted by Gasteiger charge is 2.17. The highest BCUT2D eigenvalue weighted by atomic mass is 35.5. The lowest BCUT2D eigenvalue weighted by Crippen LogP contribution is -2.41.